The molecule has 0 aliphatic carbocycles. The number of methoxy groups -OCH3 is 2. The summed E-state index contributed by atoms with van der Waals surface area (Å²) in [5.41, 5.74) is 0.547. The Kier molecular flexibility index (Phi) is 9.01. The fraction of sp³-hybridized carbons (Fsp3) is 0.458. The molecule has 11 heteroatoms. The molecular weight excluding hydrogens is 515 g/mol. The lowest BCUT2D eigenvalue weighted by molar-refractivity contribution is -0.154. The second kappa shape index (κ2) is 11.6. The van der Waals surface area contributed by atoms with Crippen LogP contribution < -0.4 is 9.47 Å². The molecule has 2 heterocycles. The Balaban J connectivity index is 1.90. The van der Waals surface area contributed by atoms with Crippen LogP contribution >= 0.6 is 35.0 Å². The average Bonchev–Trinajstić information content (AvgIpc) is 3.29. The van der Waals surface area contributed by atoms with Gasteiger partial charge in [-0.25, -0.2) is 9.59 Å². The molecule has 1 aromatic heterocycles. The number of pyridine rings is 1. The SMILES string of the molecule is COc1ccc([C@H](Cc2c(Cl)cncc2Cl)OC(=O)[C@@H]2CSCN2C(=O)OC(C)(C)C)cc1OC. The summed E-state index contributed by atoms with van der Waals surface area (Å²) >= 11 is 14.2. The Morgan fingerprint density at radius 3 is 2.40 bits per heavy atom. The summed E-state index contributed by atoms with van der Waals surface area (Å²) in [6.45, 7) is 5.32. The van der Waals surface area contributed by atoms with Crippen LogP contribution in [0, 0.1) is 0 Å². The highest BCUT2D eigenvalue weighted by Gasteiger charge is 2.39. The number of esters is 1. The molecule has 0 spiro atoms. The summed E-state index contributed by atoms with van der Waals surface area (Å²) in [5, 5.41) is 0.705. The van der Waals surface area contributed by atoms with E-state index in [4.69, 9.17) is 42.1 Å². The van der Waals surface area contributed by atoms with Crippen LogP contribution in [0.1, 0.15) is 38.0 Å². The normalized spacial score (nSPS) is 16.5. The number of nitrogens with zero attached hydrogens (tertiary/aromatic N) is 2. The molecule has 0 radical (unpaired) electrons. The third-order valence-electron chi connectivity index (χ3n) is 5.16. The molecule has 0 bridgehead atoms. The highest BCUT2D eigenvalue weighted by Crippen LogP contribution is 2.36. The Hall–Kier alpha value is -2.36. The van der Waals surface area contributed by atoms with E-state index in [1.807, 2.05) is 0 Å². The molecule has 1 aliphatic heterocycles. The zero-order valence-electron chi connectivity index (χ0n) is 20.2. The van der Waals surface area contributed by atoms with Crippen molar-refractivity contribution in [1.29, 1.82) is 0 Å². The molecule has 35 heavy (non-hydrogen) atoms. The number of thioether (sulfide) groups is 1. The number of ether oxygens (including phenoxy) is 4. The van der Waals surface area contributed by atoms with E-state index >= 15 is 0 Å². The zero-order chi connectivity index (χ0) is 25.8. The Morgan fingerprint density at radius 2 is 1.80 bits per heavy atom. The zero-order valence-corrected chi connectivity index (χ0v) is 22.5. The molecule has 3 rings (SSSR count). The number of benzene rings is 1. The second-order valence-corrected chi connectivity index (χ2v) is 10.6. The lowest BCUT2D eigenvalue weighted by atomic mass is 10.0. The number of rotatable bonds is 7. The predicted molar refractivity (Wildman–Crippen MR) is 136 cm³/mol. The van der Waals surface area contributed by atoms with E-state index in [1.165, 1.54) is 43.3 Å². The van der Waals surface area contributed by atoms with Gasteiger partial charge in [-0.2, -0.15) is 0 Å². The van der Waals surface area contributed by atoms with Crippen molar-refractivity contribution in [1.82, 2.24) is 9.88 Å². The summed E-state index contributed by atoms with van der Waals surface area (Å²) in [6.07, 6.45) is 1.81. The summed E-state index contributed by atoms with van der Waals surface area (Å²) < 4.78 is 22.2. The van der Waals surface area contributed by atoms with Gasteiger partial charge < -0.3 is 18.9 Å². The molecule has 0 unspecified atom stereocenters. The molecule has 0 N–H and O–H groups in total. The van der Waals surface area contributed by atoms with Gasteiger partial charge in [-0.15, -0.1) is 11.8 Å². The van der Waals surface area contributed by atoms with Crippen LogP contribution in [0.15, 0.2) is 30.6 Å². The van der Waals surface area contributed by atoms with Gasteiger partial charge in [-0.05, 0) is 44.0 Å². The molecule has 2 aromatic rings. The van der Waals surface area contributed by atoms with E-state index in [9.17, 15) is 9.59 Å². The number of halogens is 2. The van der Waals surface area contributed by atoms with Crippen molar-refractivity contribution in [2.24, 2.45) is 0 Å². The molecule has 0 saturated carbocycles. The van der Waals surface area contributed by atoms with E-state index in [0.29, 0.717) is 44.3 Å². The Morgan fingerprint density at radius 1 is 1.14 bits per heavy atom. The van der Waals surface area contributed by atoms with Crippen LogP contribution in [0.25, 0.3) is 0 Å². The lowest BCUT2D eigenvalue weighted by Crippen LogP contribution is -2.45. The number of hydrogen-bond donors (Lipinski definition) is 0. The molecule has 8 nitrogen and oxygen atoms in total. The third kappa shape index (κ3) is 6.86. The Bertz CT molecular complexity index is 1060. The smallest absolute Gasteiger partial charge is 0.411 e. The van der Waals surface area contributed by atoms with Crippen molar-refractivity contribution in [3.8, 4) is 11.5 Å². The van der Waals surface area contributed by atoms with Gasteiger partial charge in [0.25, 0.3) is 0 Å². The molecule has 190 valence electrons. The van der Waals surface area contributed by atoms with Gasteiger partial charge in [0.1, 0.15) is 17.7 Å². The van der Waals surface area contributed by atoms with Crippen molar-refractivity contribution in [2.75, 3.05) is 25.8 Å². The van der Waals surface area contributed by atoms with E-state index in [2.05, 4.69) is 4.98 Å². The molecule has 1 aliphatic rings. The van der Waals surface area contributed by atoms with Crippen LogP contribution in [-0.2, 0) is 20.7 Å². The van der Waals surface area contributed by atoms with Crippen LogP contribution in [0.3, 0.4) is 0 Å². The number of aromatic nitrogens is 1. The average molecular weight is 543 g/mol. The van der Waals surface area contributed by atoms with Crippen molar-refractivity contribution < 1.29 is 28.5 Å². The second-order valence-electron chi connectivity index (χ2n) is 8.79. The van der Waals surface area contributed by atoms with Gasteiger partial charge in [0.15, 0.2) is 11.5 Å². The topological polar surface area (TPSA) is 87.2 Å². The van der Waals surface area contributed by atoms with E-state index in [0.717, 1.165) is 0 Å². The van der Waals surface area contributed by atoms with Crippen molar-refractivity contribution >= 4 is 47.0 Å². The predicted octanol–water partition coefficient (Wildman–Crippen LogP) is 5.54. The maximum atomic E-state index is 13.3. The van der Waals surface area contributed by atoms with E-state index < -0.39 is 29.8 Å². The van der Waals surface area contributed by atoms with Crippen LogP contribution in [-0.4, -0.2) is 59.4 Å². The minimum atomic E-state index is -0.791. The summed E-state index contributed by atoms with van der Waals surface area (Å²) in [7, 11) is 3.06. The van der Waals surface area contributed by atoms with Crippen molar-refractivity contribution in [3.05, 3.63) is 51.8 Å². The molecule has 2 atom stereocenters. The van der Waals surface area contributed by atoms with E-state index in [1.54, 1.807) is 39.0 Å². The first kappa shape index (κ1) is 27.2. The number of carbonyl (C=O) groups excluding carboxylic acids is 2. The van der Waals surface area contributed by atoms with Crippen molar-refractivity contribution in [2.45, 2.75) is 44.9 Å². The first-order chi connectivity index (χ1) is 16.5. The maximum Gasteiger partial charge on any atom is 0.411 e. The van der Waals surface area contributed by atoms with Gasteiger partial charge >= 0.3 is 12.1 Å². The lowest BCUT2D eigenvalue weighted by Gasteiger charge is -2.28. The van der Waals surface area contributed by atoms with Crippen LogP contribution in [0.4, 0.5) is 4.79 Å². The van der Waals surface area contributed by atoms with Crippen molar-refractivity contribution in [3.63, 3.8) is 0 Å². The molecule has 1 amide bonds. The first-order valence-corrected chi connectivity index (χ1v) is 12.7. The minimum absolute atomic E-state index is 0.188. The summed E-state index contributed by atoms with van der Waals surface area (Å²) in [6, 6.07) is 4.44. The fourth-order valence-electron chi connectivity index (χ4n) is 3.46. The summed E-state index contributed by atoms with van der Waals surface area (Å²) in [5.74, 6) is 1.18. The standard InChI is InChI=1S/C24H28Cl2N2O6S/c1-24(2,3)34-23(30)28-13-35-12-18(28)22(29)33-20(9-15-16(25)10-27-11-17(15)26)14-6-7-19(31-4)21(8-14)32-5/h6-8,10-11,18,20H,9,12-13H2,1-5H3/t18-,20-/m0/s1. The first-order valence-electron chi connectivity index (χ1n) is 10.8. The Labute approximate surface area is 219 Å². The number of amides is 1. The van der Waals surface area contributed by atoms with Gasteiger partial charge in [0.05, 0.1) is 30.1 Å². The maximum absolute atomic E-state index is 13.3. The van der Waals surface area contributed by atoms with E-state index in [-0.39, 0.29) is 6.42 Å². The van der Waals surface area contributed by atoms with Crippen LogP contribution in [0.5, 0.6) is 11.5 Å². The highest BCUT2D eigenvalue weighted by molar-refractivity contribution is 7.99. The van der Waals surface area contributed by atoms with Gasteiger partial charge in [-0.3, -0.25) is 9.88 Å². The molecule has 1 fully saturated rings. The molecule has 1 aromatic carbocycles. The molecular formula is C24H28Cl2N2O6S. The molecule has 1 saturated heterocycles. The van der Waals surface area contributed by atoms with Gasteiger partial charge in [0, 0.05) is 24.6 Å². The monoisotopic (exact) mass is 542 g/mol. The highest BCUT2D eigenvalue weighted by atomic mass is 35.5. The quantitative estimate of drug-likeness (QED) is 0.421. The number of carbonyl (C=O) groups is 2. The minimum Gasteiger partial charge on any atom is -0.493 e. The summed E-state index contributed by atoms with van der Waals surface area (Å²) in [4.78, 5) is 31.4. The van der Waals surface area contributed by atoms with Gasteiger partial charge in [-0.1, -0.05) is 29.3 Å². The van der Waals surface area contributed by atoms with Crippen LogP contribution in [0.2, 0.25) is 10.0 Å². The third-order valence-corrected chi connectivity index (χ3v) is 6.83. The van der Waals surface area contributed by atoms with Gasteiger partial charge in [0.2, 0.25) is 0 Å². The largest absolute Gasteiger partial charge is 0.493 e. The number of hydrogen-bond acceptors (Lipinski definition) is 8. The fourth-order valence-corrected chi connectivity index (χ4v) is 5.10.